The van der Waals surface area contributed by atoms with Crippen LogP contribution in [0.4, 0.5) is 24.9 Å². The smallest absolute Gasteiger partial charge is 0.361 e. The molecule has 2 heterocycles. The number of hydrogen-bond donors (Lipinski definition) is 3. The van der Waals surface area contributed by atoms with Crippen LogP contribution in [0.25, 0.3) is 5.82 Å². The van der Waals surface area contributed by atoms with Crippen LogP contribution < -0.4 is 16.0 Å². The molecule has 5 rings (SSSR count). The van der Waals surface area contributed by atoms with Gasteiger partial charge in [-0.05, 0) is 53.4 Å². The molecule has 12 heteroatoms. The summed E-state index contributed by atoms with van der Waals surface area (Å²) in [6, 6.07) is 15.3. The molecule has 44 heavy (non-hydrogen) atoms. The number of rotatable bonds is 9. The van der Waals surface area contributed by atoms with E-state index in [9.17, 15) is 18.0 Å². The van der Waals surface area contributed by atoms with Gasteiger partial charge >= 0.3 is 6.18 Å². The first-order valence-electron chi connectivity index (χ1n) is 14.4. The Labute approximate surface area is 265 Å². The number of carbonyl (C=O) groups is 1. The van der Waals surface area contributed by atoms with Crippen molar-refractivity contribution in [3.8, 4) is 5.82 Å². The number of nitrogens with one attached hydrogen (secondary N) is 3. The fourth-order valence-electron chi connectivity index (χ4n) is 4.66. The molecule has 0 spiro atoms. The minimum Gasteiger partial charge on any atom is -0.361 e. The number of aromatic nitrogens is 3. The van der Waals surface area contributed by atoms with Crippen LogP contribution in [0.5, 0.6) is 0 Å². The third-order valence-electron chi connectivity index (χ3n) is 7.10. The van der Waals surface area contributed by atoms with Gasteiger partial charge in [0.15, 0.2) is 0 Å². The second-order valence-corrected chi connectivity index (χ2v) is 11.5. The molecular formula is C32H35Cl2F3N6O. The monoisotopic (exact) mass is 646 g/mol. The Bertz CT molecular complexity index is 1510. The van der Waals surface area contributed by atoms with Crippen LogP contribution in [0.15, 0.2) is 73.1 Å². The van der Waals surface area contributed by atoms with Gasteiger partial charge in [-0.15, -0.1) is 0 Å². The number of benzene rings is 2. The van der Waals surface area contributed by atoms with Crippen LogP contribution in [0.1, 0.15) is 55.7 Å². The lowest BCUT2D eigenvalue weighted by Crippen LogP contribution is -2.29. The zero-order valence-corrected chi connectivity index (χ0v) is 25.8. The molecule has 3 N–H and O–H groups in total. The van der Waals surface area contributed by atoms with Gasteiger partial charge in [0.05, 0.1) is 12.1 Å². The predicted octanol–water partition coefficient (Wildman–Crippen LogP) is 8.52. The first kappa shape index (κ1) is 33.1. The highest BCUT2D eigenvalue weighted by Crippen LogP contribution is 2.29. The maximum absolute atomic E-state index is 13.0. The van der Waals surface area contributed by atoms with Crippen molar-refractivity contribution in [1.82, 2.24) is 19.9 Å². The molecule has 7 nitrogen and oxygen atoms in total. The Hall–Kier alpha value is -3.76. The van der Waals surface area contributed by atoms with Gasteiger partial charge in [-0.3, -0.25) is 4.79 Å². The van der Waals surface area contributed by atoms with Crippen molar-refractivity contribution in [3.63, 3.8) is 0 Å². The molecular weight excluding hydrogens is 612 g/mol. The molecule has 0 aliphatic heterocycles. The standard InChI is InChI=1S/C25H21Cl2F3N6O.C7H14/c26-19-7-6-17(20(27)11-19)14-32-23(37)15-31-21-12-22(36-8-1-2-9-36)35-24(34-21)33-13-16-4-3-5-18(10-16)25(28,29)30;1-7-5-3-2-4-6-7/h1-12H,13-15H2,(H,32,37)(H2,31,33,34,35);7H,2-6H2,1H3. The van der Waals surface area contributed by atoms with Gasteiger partial charge in [0, 0.05) is 41.6 Å². The third kappa shape index (κ3) is 10.4. The minimum atomic E-state index is -4.43. The highest BCUT2D eigenvalue weighted by molar-refractivity contribution is 6.35. The predicted molar refractivity (Wildman–Crippen MR) is 169 cm³/mol. The first-order valence-corrected chi connectivity index (χ1v) is 15.2. The minimum absolute atomic E-state index is 0.0703. The lowest BCUT2D eigenvalue weighted by atomic mass is 9.91. The molecule has 1 aliphatic rings. The SMILES string of the molecule is CC1CCCCC1.O=C(CNc1cc(-n2cccc2)nc(NCc2cccc(C(F)(F)F)c2)n1)NCc1ccc(Cl)cc1Cl. The Kier molecular flexibility index (Phi) is 11.9. The van der Waals surface area contributed by atoms with Crippen molar-refractivity contribution in [2.24, 2.45) is 5.92 Å². The lowest BCUT2D eigenvalue weighted by Gasteiger charge is -2.15. The van der Waals surface area contributed by atoms with E-state index in [1.54, 1.807) is 47.3 Å². The van der Waals surface area contributed by atoms with Gasteiger partial charge in [-0.1, -0.05) is 80.4 Å². The number of hydrogen-bond acceptors (Lipinski definition) is 5. The lowest BCUT2D eigenvalue weighted by molar-refractivity contribution is -0.137. The van der Waals surface area contributed by atoms with Gasteiger partial charge in [0.2, 0.25) is 11.9 Å². The summed E-state index contributed by atoms with van der Waals surface area (Å²) in [6.45, 7) is 2.57. The molecule has 2 aromatic heterocycles. The zero-order chi connectivity index (χ0) is 31.5. The van der Waals surface area contributed by atoms with Crippen LogP contribution in [0, 0.1) is 5.92 Å². The summed E-state index contributed by atoms with van der Waals surface area (Å²) in [5, 5.41) is 9.63. The summed E-state index contributed by atoms with van der Waals surface area (Å²) in [5.41, 5.74) is 0.402. The molecule has 0 radical (unpaired) electrons. The second kappa shape index (κ2) is 15.8. The maximum Gasteiger partial charge on any atom is 0.416 e. The Morgan fingerprint density at radius 2 is 1.68 bits per heavy atom. The average molecular weight is 648 g/mol. The van der Waals surface area contributed by atoms with Crippen molar-refractivity contribution >= 4 is 40.9 Å². The number of halogens is 5. The average Bonchev–Trinajstić information content (AvgIpc) is 3.54. The third-order valence-corrected chi connectivity index (χ3v) is 7.69. The fraction of sp³-hybridized carbons (Fsp3) is 0.344. The van der Waals surface area contributed by atoms with E-state index < -0.39 is 11.7 Å². The number of nitrogens with zero attached hydrogens (tertiary/aromatic N) is 3. The van der Waals surface area contributed by atoms with Crippen molar-refractivity contribution in [1.29, 1.82) is 0 Å². The fourth-order valence-corrected chi connectivity index (χ4v) is 5.14. The topological polar surface area (TPSA) is 83.9 Å². The van der Waals surface area contributed by atoms with E-state index in [1.807, 2.05) is 12.1 Å². The Balaban J connectivity index is 0.000000555. The van der Waals surface area contributed by atoms with E-state index in [4.69, 9.17) is 23.2 Å². The second-order valence-electron chi connectivity index (χ2n) is 10.7. The molecule has 2 aromatic carbocycles. The van der Waals surface area contributed by atoms with E-state index >= 15 is 0 Å². The van der Waals surface area contributed by atoms with Crippen LogP contribution in [-0.2, 0) is 24.1 Å². The Morgan fingerprint density at radius 3 is 2.34 bits per heavy atom. The summed E-state index contributed by atoms with van der Waals surface area (Å²) in [6.07, 6.45) is 6.57. The molecule has 1 aliphatic carbocycles. The summed E-state index contributed by atoms with van der Waals surface area (Å²) >= 11 is 12.0. The first-order chi connectivity index (χ1) is 21.1. The zero-order valence-electron chi connectivity index (χ0n) is 24.3. The molecule has 1 amide bonds. The summed E-state index contributed by atoms with van der Waals surface area (Å²) in [5.74, 6) is 1.77. The summed E-state index contributed by atoms with van der Waals surface area (Å²) in [7, 11) is 0. The highest BCUT2D eigenvalue weighted by Gasteiger charge is 2.30. The number of carbonyl (C=O) groups excluding carboxylic acids is 1. The van der Waals surface area contributed by atoms with Crippen molar-refractivity contribution < 1.29 is 18.0 Å². The largest absolute Gasteiger partial charge is 0.416 e. The van der Waals surface area contributed by atoms with E-state index in [2.05, 4.69) is 32.8 Å². The number of alkyl halides is 3. The van der Waals surface area contributed by atoms with Gasteiger partial charge < -0.3 is 20.5 Å². The summed E-state index contributed by atoms with van der Waals surface area (Å²) in [4.78, 5) is 21.2. The molecule has 0 atom stereocenters. The number of anilines is 2. The maximum atomic E-state index is 13.0. The van der Waals surface area contributed by atoms with Crippen molar-refractivity contribution in [2.45, 2.75) is 58.3 Å². The number of amides is 1. The molecule has 1 saturated carbocycles. The molecule has 234 valence electrons. The van der Waals surface area contributed by atoms with Crippen molar-refractivity contribution in [2.75, 3.05) is 17.2 Å². The highest BCUT2D eigenvalue weighted by atomic mass is 35.5. The van der Waals surface area contributed by atoms with E-state index in [0.717, 1.165) is 23.6 Å². The normalized spacial score (nSPS) is 13.5. The van der Waals surface area contributed by atoms with Gasteiger partial charge in [-0.25, -0.2) is 0 Å². The van der Waals surface area contributed by atoms with Gasteiger partial charge in [-0.2, -0.15) is 23.1 Å². The van der Waals surface area contributed by atoms with E-state index in [1.165, 1.54) is 38.2 Å². The van der Waals surface area contributed by atoms with Crippen LogP contribution >= 0.6 is 23.2 Å². The van der Waals surface area contributed by atoms with Crippen LogP contribution in [0.3, 0.4) is 0 Å². The summed E-state index contributed by atoms with van der Waals surface area (Å²) < 4.78 is 40.8. The molecule has 4 aromatic rings. The molecule has 0 bridgehead atoms. The quantitative estimate of drug-likeness (QED) is 0.170. The van der Waals surface area contributed by atoms with Gasteiger partial charge in [0.1, 0.15) is 11.6 Å². The molecule has 0 unspecified atom stereocenters. The van der Waals surface area contributed by atoms with Crippen molar-refractivity contribution in [3.05, 3.63) is 99.8 Å². The molecule has 1 fully saturated rings. The Morgan fingerprint density at radius 1 is 0.932 bits per heavy atom. The van der Waals surface area contributed by atoms with Gasteiger partial charge in [0.25, 0.3) is 0 Å². The van der Waals surface area contributed by atoms with E-state index in [0.29, 0.717) is 27.2 Å². The van der Waals surface area contributed by atoms with Crippen LogP contribution in [-0.4, -0.2) is 27.0 Å². The van der Waals surface area contributed by atoms with E-state index in [-0.39, 0.29) is 31.5 Å². The van der Waals surface area contributed by atoms with Crippen LogP contribution in [0.2, 0.25) is 10.0 Å². The molecule has 0 saturated heterocycles.